The van der Waals surface area contributed by atoms with E-state index in [-0.39, 0.29) is 35.4 Å². The Kier molecular flexibility index (Phi) is 6.74. The summed E-state index contributed by atoms with van der Waals surface area (Å²) in [7, 11) is 0. The Morgan fingerprint density at radius 1 is 0.600 bits per heavy atom. The number of aliphatic imine (C=N–C) groups is 3. The molecular formula is C23H34N6O6. The van der Waals surface area contributed by atoms with Gasteiger partial charge in [-0.15, -0.1) is 0 Å². The summed E-state index contributed by atoms with van der Waals surface area (Å²) in [5.41, 5.74) is 0. The molecule has 12 nitrogen and oxygen atoms in total. The van der Waals surface area contributed by atoms with E-state index in [1.54, 1.807) is 34.6 Å². The normalized spacial score (nSPS) is 39.6. The zero-order valence-corrected chi connectivity index (χ0v) is 21.1. The molecule has 0 fully saturated rings. The van der Waals surface area contributed by atoms with Crippen molar-refractivity contribution in [1.29, 1.82) is 0 Å². The molecule has 0 saturated carbocycles. The molecule has 0 spiro atoms. The number of carbonyl (C=O) groups is 3. The van der Waals surface area contributed by atoms with E-state index in [9.17, 15) is 14.4 Å². The lowest BCUT2D eigenvalue weighted by molar-refractivity contribution is -0.125. The standard InChI is InChI=1S/C23H34N6O6/c1-8(2)14-23-29-16(13(7)35-23)19(31)25-9(3)21-27-15(11(5)33-21)18(30)24-10(4)22-28-17(12(6)34-22)20(32)26-14/h8-17H,1-7H3,(H,24,30)(H,25,31)(H,26,32)/t9-,10-,11-,12-,13+,14-,15-,16-,17-/m0/s1. The third-order valence-electron chi connectivity index (χ3n) is 6.55. The third-order valence-corrected chi connectivity index (χ3v) is 6.55. The smallest absolute Gasteiger partial charge is 0.249 e. The Morgan fingerprint density at radius 3 is 1.34 bits per heavy atom. The zero-order chi connectivity index (χ0) is 25.6. The Morgan fingerprint density at radius 2 is 0.943 bits per heavy atom. The van der Waals surface area contributed by atoms with Gasteiger partial charge in [-0.1, -0.05) is 13.8 Å². The summed E-state index contributed by atoms with van der Waals surface area (Å²) in [5.74, 6) is -0.289. The predicted octanol–water partition coefficient (Wildman–Crippen LogP) is -0.292. The maximum atomic E-state index is 13.2. The molecule has 6 bridgehead atoms. The number of nitrogens with zero attached hydrogens (tertiary/aromatic N) is 3. The molecule has 0 aromatic heterocycles. The van der Waals surface area contributed by atoms with Crippen molar-refractivity contribution in [2.24, 2.45) is 20.9 Å². The van der Waals surface area contributed by atoms with E-state index >= 15 is 0 Å². The largest absolute Gasteiger partial charge is 0.474 e. The first kappa shape index (κ1) is 24.9. The Bertz CT molecular complexity index is 993. The number of carbonyl (C=O) groups excluding carboxylic acids is 3. The SMILES string of the molecule is CC(C)[C@@H]1NC(=O)[C@H]2N=C(O[C@H]2C)[C@H](C)NC(=O)[C@H]2N=C(O[C@H]2C)[C@H](C)NC(=O)[C@H]2N=C1O[C@@H]2C. The number of fused-ring (bicyclic) bond motifs is 3. The van der Waals surface area contributed by atoms with Gasteiger partial charge in [-0.05, 0) is 40.5 Å². The van der Waals surface area contributed by atoms with Crippen LogP contribution in [0.1, 0.15) is 48.5 Å². The van der Waals surface area contributed by atoms with E-state index in [0.29, 0.717) is 5.90 Å². The molecule has 4 heterocycles. The summed E-state index contributed by atoms with van der Waals surface area (Å²) in [6.45, 7) is 12.6. The van der Waals surface area contributed by atoms with Crippen LogP contribution in [0.5, 0.6) is 0 Å². The van der Waals surface area contributed by atoms with Gasteiger partial charge < -0.3 is 30.2 Å². The van der Waals surface area contributed by atoms with Gasteiger partial charge in [-0.2, -0.15) is 0 Å². The number of ether oxygens (including phenoxy) is 3. The Hall–Kier alpha value is -3.18. The van der Waals surface area contributed by atoms with Crippen molar-refractivity contribution in [2.45, 2.75) is 103 Å². The lowest BCUT2D eigenvalue weighted by Crippen LogP contribution is -2.49. The highest BCUT2D eigenvalue weighted by molar-refractivity contribution is 5.99. The second kappa shape index (κ2) is 9.46. The maximum Gasteiger partial charge on any atom is 0.249 e. The van der Waals surface area contributed by atoms with Crippen LogP contribution in [0.2, 0.25) is 0 Å². The molecule has 4 aliphatic rings. The van der Waals surface area contributed by atoms with Crippen LogP contribution in [0.3, 0.4) is 0 Å². The third kappa shape index (κ3) is 4.83. The Labute approximate surface area is 204 Å². The molecule has 0 unspecified atom stereocenters. The van der Waals surface area contributed by atoms with E-state index in [4.69, 9.17) is 14.2 Å². The van der Waals surface area contributed by atoms with Gasteiger partial charge in [0, 0.05) is 0 Å². The minimum Gasteiger partial charge on any atom is -0.474 e. The molecule has 3 N–H and O–H groups in total. The summed E-state index contributed by atoms with van der Waals surface area (Å²) < 4.78 is 17.5. The van der Waals surface area contributed by atoms with Gasteiger partial charge in [0.05, 0.1) is 0 Å². The van der Waals surface area contributed by atoms with Crippen LogP contribution in [-0.4, -0.2) is 90.0 Å². The van der Waals surface area contributed by atoms with Gasteiger partial charge in [0.1, 0.15) is 36.4 Å². The van der Waals surface area contributed by atoms with Crippen molar-refractivity contribution in [3.63, 3.8) is 0 Å². The zero-order valence-electron chi connectivity index (χ0n) is 21.1. The van der Waals surface area contributed by atoms with Gasteiger partial charge in [0.15, 0.2) is 18.1 Å². The molecule has 4 rings (SSSR count). The average Bonchev–Trinajstić information content (AvgIpc) is 3.47. The number of hydrogen-bond acceptors (Lipinski definition) is 9. The second-order valence-electron chi connectivity index (χ2n) is 9.90. The van der Waals surface area contributed by atoms with Crippen molar-refractivity contribution in [3.8, 4) is 0 Å². The molecule has 0 radical (unpaired) electrons. The average molecular weight is 491 g/mol. The molecular weight excluding hydrogens is 456 g/mol. The van der Waals surface area contributed by atoms with Crippen molar-refractivity contribution < 1.29 is 28.6 Å². The summed E-state index contributed by atoms with van der Waals surface area (Å²) in [6.07, 6.45) is -1.57. The number of amides is 3. The van der Waals surface area contributed by atoms with Crippen LogP contribution in [-0.2, 0) is 28.6 Å². The van der Waals surface area contributed by atoms with Gasteiger partial charge >= 0.3 is 0 Å². The van der Waals surface area contributed by atoms with Gasteiger partial charge in [0.25, 0.3) is 0 Å². The molecule has 192 valence electrons. The first-order valence-electron chi connectivity index (χ1n) is 12.1. The molecule has 35 heavy (non-hydrogen) atoms. The van der Waals surface area contributed by atoms with E-state index < -0.39 is 54.6 Å². The first-order chi connectivity index (χ1) is 16.5. The fraction of sp³-hybridized carbons (Fsp3) is 0.739. The minimum atomic E-state index is -0.804. The van der Waals surface area contributed by atoms with Crippen LogP contribution in [0.4, 0.5) is 0 Å². The van der Waals surface area contributed by atoms with E-state index in [1.165, 1.54) is 0 Å². The predicted molar refractivity (Wildman–Crippen MR) is 127 cm³/mol. The van der Waals surface area contributed by atoms with Crippen LogP contribution < -0.4 is 16.0 Å². The molecule has 4 aliphatic heterocycles. The summed E-state index contributed by atoms with van der Waals surface area (Å²) >= 11 is 0. The van der Waals surface area contributed by atoms with Crippen molar-refractivity contribution in [1.82, 2.24) is 16.0 Å². The maximum absolute atomic E-state index is 13.2. The minimum absolute atomic E-state index is 0.0600. The lowest BCUT2D eigenvalue weighted by Gasteiger charge is -2.24. The van der Waals surface area contributed by atoms with Crippen LogP contribution in [0.25, 0.3) is 0 Å². The number of hydrogen-bond donors (Lipinski definition) is 3. The highest BCUT2D eigenvalue weighted by atomic mass is 16.5. The monoisotopic (exact) mass is 490 g/mol. The van der Waals surface area contributed by atoms with Crippen molar-refractivity contribution in [3.05, 3.63) is 0 Å². The Balaban J connectivity index is 1.69. The van der Waals surface area contributed by atoms with E-state index in [0.717, 1.165) is 0 Å². The lowest BCUT2D eigenvalue weighted by atomic mass is 10.0. The molecule has 9 atom stereocenters. The van der Waals surface area contributed by atoms with E-state index in [1.807, 2.05) is 13.8 Å². The molecule has 3 amide bonds. The molecule has 0 aromatic carbocycles. The quantitative estimate of drug-likeness (QED) is 0.459. The fourth-order valence-electron chi connectivity index (χ4n) is 4.45. The summed E-state index contributed by atoms with van der Waals surface area (Å²) in [4.78, 5) is 52.5. The van der Waals surface area contributed by atoms with Crippen LogP contribution in [0.15, 0.2) is 15.0 Å². The second-order valence-corrected chi connectivity index (χ2v) is 9.90. The molecule has 12 heteroatoms. The molecule has 0 aliphatic carbocycles. The van der Waals surface area contributed by atoms with Crippen molar-refractivity contribution >= 4 is 35.4 Å². The number of nitrogens with one attached hydrogen (secondary N) is 3. The number of rotatable bonds is 1. The highest BCUT2D eigenvalue weighted by Crippen LogP contribution is 2.22. The first-order valence-corrected chi connectivity index (χ1v) is 12.1. The fourth-order valence-corrected chi connectivity index (χ4v) is 4.45. The highest BCUT2D eigenvalue weighted by Gasteiger charge is 2.43. The van der Waals surface area contributed by atoms with E-state index in [2.05, 4.69) is 30.9 Å². The van der Waals surface area contributed by atoms with Crippen LogP contribution in [0, 0.1) is 5.92 Å². The summed E-state index contributed by atoms with van der Waals surface area (Å²) in [6, 6.07) is -4.10. The van der Waals surface area contributed by atoms with Gasteiger partial charge in [-0.3, -0.25) is 14.4 Å². The van der Waals surface area contributed by atoms with Crippen molar-refractivity contribution in [2.75, 3.05) is 0 Å². The van der Waals surface area contributed by atoms with Gasteiger partial charge in [0.2, 0.25) is 35.4 Å². The van der Waals surface area contributed by atoms with Gasteiger partial charge in [-0.25, -0.2) is 15.0 Å². The summed E-state index contributed by atoms with van der Waals surface area (Å²) in [5, 5.41) is 8.67. The molecule has 0 aromatic rings. The van der Waals surface area contributed by atoms with Crippen LogP contribution >= 0.6 is 0 Å². The molecule has 0 saturated heterocycles. The topological polar surface area (TPSA) is 152 Å².